The monoisotopic (exact) mass is 359 g/mol. The fourth-order valence-electron chi connectivity index (χ4n) is 1.98. The highest BCUT2D eigenvalue weighted by Gasteiger charge is 2.23. The zero-order chi connectivity index (χ0) is 15.8. The Labute approximate surface area is 132 Å². The van der Waals surface area contributed by atoms with E-state index in [1.165, 1.54) is 11.0 Å². The molecular weight excluding hydrogens is 341 g/mol. The number of hydrogen-bond donors (Lipinski definition) is 1. The van der Waals surface area contributed by atoms with E-state index in [4.69, 9.17) is 5.11 Å². The average molecular weight is 360 g/mol. The van der Waals surface area contributed by atoms with E-state index in [0.29, 0.717) is 12.1 Å². The second-order valence-corrected chi connectivity index (χ2v) is 5.84. The van der Waals surface area contributed by atoms with Crippen molar-refractivity contribution < 1.29 is 19.1 Å². The third-order valence-corrected chi connectivity index (χ3v) is 3.74. The Morgan fingerprint density at radius 3 is 2.57 bits per heavy atom. The number of alkyl halides is 1. The standard InChI is InChI=1S/C15H19BrFNO3/c1-2-8-18(9-7-14(19)20)15(21)12(16)10-11-5-3-4-6-13(11)17/h3-6,12H,2,7-10H2,1H3,(H,19,20). The highest BCUT2D eigenvalue weighted by atomic mass is 79.9. The predicted molar refractivity (Wildman–Crippen MR) is 81.9 cm³/mol. The Morgan fingerprint density at radius 2 is 2.00 bits per heavy atom. The van der Waals surface area contributed by atoms with Gasteiger partial charge in [-0.25, -0.2) is 4.39 Å². The van der Waals surface area contributed by atoms with Gasteiger partial charge in [-0.1, -0.05) is 41.1 Å². The van der Waals surface area contributed by atoms with Crippen LogP contribution in [0.4, 0.5) is 4.39 Å². The number of carboxylic acid groups (broad SMARTS) is 1. The molecule has 1 atom stereocenters. The Balaban J connectivity index is 2.69. The number of carbonyl (C=O) groups excluding carboxylic acids is 1. The minimum atomic E-state index is -0.941. The number of hydrogen-bond acceptors (Lipinski definition) is 2. The van der Waals surface area contributed by atoms with Crippen molar-refractivity contribution in [2.24, 2.45) is 0 Å². The zero-order valence-corrected chi connectivity index (χ0v) is 13.5. The minimum Gasteiger partial charge on any atom is -0.481 e. The molecule has 1 rings (SSSR count). The molecule has 0 fully saturated rings. The Morgan fingerprint density at radius 1 is 1.33 bits per heavy atom. The zero-order valence-electron chi connectivity index (χ0n) is 11.9. The molecule has 0 aliphatic rings. The number of amides is 1. The van der Waals surface area contributed by atoms with Crippen LogP contribution in [0.25, 0.3) is 0 Å². The topological polar surface area (TPSA) is 57.6 Å². The highest BCUT2D eigenvalue weighted by molar-refractivity contribution is 9.10. The SMILES string of the molecule is CCCN(CCC(=O)O)C(=O)C(Br)Cc1ccccc1F. The lowest BCUT2D eigenvalue weighted by Gasteiger charge is -2.24. The Kier molecular flexibility index (Phi) is 7.36. The molecule has 0 radical (unpaired) electrons. The molecule has 4 nitrogen and oxygen atoms in total. The molecule has 1 amide bonds. The van der Waals surface area contributed by atoms with Crippen molar-refractivity contribution in [3.05, 3.63) is 35.6 Å². The highest BCUT2D eigenvalue weighted by Crippen LogP contribution is 2.16. The second kappa shape index (κ2) is 8.77. The molecule has 0 spiro atoms. The largest absolute Gasteiger partial charge is 0.481 e. The fourth-order valence-corrected chi connectivity index (χ4v) is 2.61. The predicted octanol–water partition coefficient (Wildman–Crippen LogP) is 2.85. The van der Waals surface area contributed by atoms with Crippen LogP contribution in [-0.4, -0.2) is 39.8 Å². The van der Waals surface area contributed by atoms with Gasteiger partial charge < -0.3 is 10.0 Å². The maximum Gasteiger partial charge on any atom is 0.305 e. The molecule has 21 heavy (non-hydrogen) atoms. The summed E-state index contributed by atoms with van der Waals surface area (Å²) in [4.78, 5) is 23.9. The Bertz CT molecular complexity index is 496. The first-order chi connectivity index (χ1) is 9.95. The lowest BCUT2D eigenvalue weighted by Crippen LogP contribution is -2.39. The van der Waals surface area contributed by atoms with Gasteiger partial charge in [0.25, 0.3) is 0 Å². The van der Waals surface area contributed by atoms with Gasteiger partial charge in [0.2, 0.25) is 5.91 Å². The fraction of sp³-hybridized carbons (Fsp3) is 0.467. The number of benzene rings is 1. The molecule has 1 N–H and O–H groups in total. The molecule has 0 heterocycles. The summed E-state index contributed by atoms with van der Waals surface area (Å²) in [5.41, 5.74) is 0.461. The molecule has 0 bridgehead atoms. The third-order valence-electron chi connectivity index (χ3n) is 3.03. The molecule has 1 aromatic carbocycles. The molecule has 0 saturated heterocycles. The summed E-state index contributed by atoms with van der Waals surface area (Å²) in [5.74, 6) is -1.49. The second-order valence-electron chi connectivity index (χ2n) is 4.73. The lowest BCUT2D eigenvalue weighted by molar-refractivity contribution is -0.138. The van der Waals surface area contributed by atoms with Gasteiger partial charge in [0.1, 0.15) is 5.82 Å². The number of carboxylic acids is 1. The van der Waals surface area contributed by atoms with Gasteiger partial charge in [0, 0.05) is 13.1 Å². The third kappa shape index (κ3) is 5.83. The van der Waals surface area contributed by atoms with Crippen LogP contribution in [0.1, 0.15) is 25.3 Å². The van der Waals surface area contributed by atoms with Gasteiger partial charge in [-0.2, -0.15) is 0 Å². The van der Waals surface area contributed by atoms with Crippen molar-refractivity contribution in [3.63, 3.8) is 0 Å². The molecule has 6 heteroatoms. The van der Waals surface area contributed by atoms with Gasteiger partial charge in [-0.05, 0) is 24.5 Å². The van der Waals surface area contributed by atoms with Crippen molar-refractivity contribution in [2.75, 3.05) is 13.1 Å². The summed E-state index contributed by atoms with van der Waals surface area (Å²) in [5, 5.41) is 8.72. The van der Waals surface area contributed by atoms with Crippen LogP contribution in [0, 0.1) is 5.82 Å². The van der Waals surface area contributed by atoms with Crippen molar-refractivity contribution in [1.29, 1.82) is 0 Å². The van der Waals surface area contributed by atoms with Crippen LogP contribution in [0.5, 0.6) is 0 Å². The van der Waals surface area contributed by atoms with Crippen molar-refractivity contribution >= 4 is 27.8 Å². The molecular formula is C15H19BrFNO3. The normalized spacial score (nSPS) is 12.0. The number of nitrogens with zero attached hydrogens (tertiary/aromatic N) is 1. The molecule has 0 aliphatic heterocycles. The molecule has 1 unspecified atom stereocenters. The van der Waals surface area contributed by atoms with Crippen LogP contribution in [0.15, 0.2) is 24.3 Å². The first kappa shape index (κ1) is 17.6. The summed E-state index contributed by atoms with van der Waals surface area (Å²) in [6, 6.07) is 6.31. The molecule has 0 aromatic heterocycles. The first-order valence-electron chi connectivity index (χ1n) is 6.83. The van der Waals surface area contributed by atoms with E-state index in [1.54, 1.807) is 18.2 Å². The number of rotatable bonds is 8. The minimum absolute atomic E-state index is 0.0921. The van der Waals surface area contributed by atoms with Crippen LogP contribution < -0.4 is 0 Å². The molecule has 0 aliphatic carbocycles. The average Bonchev–Trinajstić information content (AvgIpc) is 2.45. The van der Waals surface area contributed by atoms with Gasteiger partial charge in [0.05, 0.1) is 11.2 Å². The Hall–Kier alpha value is -1.43. The van der Waals surface area contributed by atoms with Crippen LogP contribution >= 0.6 is 15.9 Å². The van der Waals surface area contributed by atoms with E-state index in [-0.39, 0.29) is 31.1 Å². The molecule has 116 valence electrons. The number of carbonyl (C=O) groups is 2. The molecule has 1 aromatic rings. The van der Waals surface area contributed by atoms with E-state index in [1.807, 2.05) is 6.92 Å². The van der Waals surface area contributed by atoms with Crippen LogP contribution in [-0.2, 0) is 16.0 Å². The van der Waals surface area contributed by atoms with E-state index in [0.717, 1.165) is 6.42 Å². The van der Waals surface area contributed by atoms with Gasteiger partial charge in [-0.3, -0.25) is 9.59 Å². The van der Waals surface area contributed by atoms with Crippen LogP contribution in [0.3, 0.4) is 0 Å². The summed E-state index contributed by atoms with van der Waals surface area (Å²) >= 11 is 3.29. The summed E-state index contributed by atoms with van der Waals surface area (Å²) in [6.45, 7) is 2.58. The number of aliphatic carboxylic acids is 1. The van der Waals surface area contributed by atoms with Gasteiger partial charge in [-0.15, -0.1) is 0 Å². The smallest absolute Gasteiger partial charge is 0.305 e. The van der Waals surface area contributed by atoms with Gasteiger partial charge >= 0.3 is 5.97 Å². The maximum absolute atomic E-state index is 13.6. The summed E-state index contributed by atoms with van der Waals surface area (Å²) in [7, 11) is 0. The van der Waals surface area contributed by atoms with Crippen LogP contribution in [0.2, 0.25) is 0 Å². The van der Waals surface area contributed by atoms with Crippen molar-refractivity contribution in [1.82, 2.24) is 4.90 Å². The first-order valence-corrected chi connectivity index (χ1v) is 7.75. The quantitative estimate of drug-likeness (QED) is 0.726. The summed E-state index contributed by atoms with van der Waals surface area (Å²) in [6.07, 6.45) is 0.884. The lowest BCUT2D eigenvalue weighted by atomic mass is 10.1. The summed E-state index contributed by atoms with van der Waals surface area (Å²) < 4.78 is 13.6. The molecule has 0 saturated carbocycles. The number of halogens is 2. The maximum atomic E-state index is 13.6. The van der Waals surface area contributed by atoms with E-state index in [2.05, 4.69) is 15.9 Å². The van der Waals surface area contributed by atoms with Crippen molar-refractivity contribution in [2.45, 2.75) is 31.0 Å². The van der Waals surface area contributed by atoms with E-state index >= 15 is 0 Å². The van der Waals surface area contributed by atoms with E-state index in [9.17, 15) is 14.0 Å². The van der Waals surface area contributed by atoms with Gasteiger partial charge in [0.15, 0.2) is 0 Å². The van der Waals surface area contributed by atoms with E-state index < -0.39 is 10.8 Å². The van der Waals surface area contributed by atoms with Crippen molar-refractivity contribution in [3.8, 4) is 0 Å².